The normalized spacial score (nSPS) is 14.1. The smallest absolute Gasteiger partial charge is 0.239 e. The van der Waals surface area contributed by atoms with E-state index in [1.54, 1.807) is 12.4 Å². The van der Waals surface area contributed by atoms with E-state index in [-0.39, 0.29) is 24.3 Å². The Morgan fingerprint density at radius 3 is 2.59 bits per heavy atom. The van der Waals surface area contributed by atoms with Gasteiger partial charge >= 0.3 is 0 Å². The third-order valence-electron chi connectivity index (χ3n) is 2.61. The average Bonchev–Trinajstić information content (AvgIpc) is 3.19. The van der Waals surface area contributed by atoms with Gasteiger partial charge in [-0.25, -0.2) is 0 Å². The van der Waals surface area contributed by atoms with Crippen LogP contribution in [0, 0.1) is 5.92 Å². The molecule has 0 saturated heterocycles. The van der Waals surface area contributed by atoms with Crippen molar-refractivity contribution < 1.29 is 9.59 Å². The van der Waals surface area contributed by atoms with Crippen molar-refractivity contribution >= 4 is 11.8 Å². The summed E-state index contributed by atoms with van der Waals surface area (Å²) < 4.78 is 0. The number of hydrogen-bond donors (Lipinski definition) is 2. The number of pyridine rings is 1. The second-order valence-corrected chi connectivity index (χ2v) is 4.12. The molecule has 1 aliphatic rings. The fourth-order valence-corrected chi connectivity index (χ4v) is 1.42. The Labute approximate surface area is 99.6 Å². The molecule has 2 N–H and O–H groups in total. The Kier molecular flexibility index (Phi) is 3.69. The highest BCUT2D eigenvalue weighted by Gasteiger charge is 2.29. The van der Waals surface area contributed by atoms with Crippen molar-refractivity contribution in [2.45, 2.75) is 19.4 Å². The molecule has 0 aromatic carbocycles. The number of aromatic nitrogens is 1. The van der Waals surface area contributed by atoms with Crippen LogP contribution in [-0.4, -0.2) is 23.3 Å². The van der Waals surface area contributed by atoms with Crippen molar-refractivity contribution in [2.24, 2.45) is 5.92 Å². The summed E-state index contributed by atoms with van der Waals surface area (Å²) >= 11 is 0. The molecule has 2 rings (SSSR count). The van der Waals surface area contributed by atoms with Crippen LogP contribution in [0.15, 0.2) is 24.5 Å². The highest BCUT2D eigenvalue weighted by molar-refractivity contribution is 5.86. The van der Waals surface area contributed by atoms with Gasteiger partial charge in [-0.05, 0) is 30.5 Å². The molecule has 1 fully saturated rings. The Morgan fingerprint density at radius 2 is 1.94 bits per heavy atom. The van der Waals surface area contributed by atoms with Crippen molar-refractivity contribution in [3.8, 4) is 0 Å². The van der Waals surface area contributed by atoms with Crippen molar-refractivity contribution in [3.63, 3.8) is 0 Å². The molecule has 1 aromatic rings. The van der Waals surface area contributed by atoms with E-state index in [1.165, 1.54) is 0 Å². The number of hydrogen-bond acceptors (Lipinski definition) is 3. The monoisotopic (exact) mass is 233 g/mol. The molecule has 0 aliphatic heterocycles. The number of nitrogens with one attached hydrogen (secondary N) is 2. The van der Waals surface area contributed by atoms with Crippen LogP contribution < -0.4 is 10.6 Å². The zero-order valence-electron chi connectivity index (χ0n) is 9.48. The molecule has 5 heteroatoms. The third kappa shape index (κ3) is 3.86. The minimum absolute atomic E-state index is 0.0101. The van der Waals surface area contributed by atoms with Crippen LogP contribution in [0.4, 0.5) is 0 Å². The fraction of sp³-hybridized carbons (Fsp3) is 0.417. The summed E-state index contributed by atoms with van der Waals surface area (Å²) in [5.41, 5.74) is 0.988. The fourth-order valence-electron chi connectivity index (χ4n) is 1.42. The van der Waals surface area contributed by atoms with Gasteiger partial charge in [0.2, 0.25) is 11.8 Å². The predicted octanol–water partition coefficient (Wildman–Crippen LogP) is 0.224. The first kappa shape index (κ1) is 11.6. The van der Waals surface area contributed by atoms with Crippen LogP contribution in [0.2, 0.25) is 0 Å². The molecule has 0 spiro atoms. The van der Waals surface area contributed by atoms with Gasteiger partial charge in [0.1, 0.15) is 0 Å². The second kappa shape index (κ2) is 5.43. The molecule has 1 heterocycles. The first-order valence-corrected chi connectivity index (χ1v) is 5.69. The number of nitrogens with zero attached hydrogens (tertiary/aromatic N) is 1. The zero-order valence-corrected chi connectivity index (χ0v) is 9.48. The number of rotatable bonds is 5. The molecule has 5 nitrogen and oxygen atoms in total. The van der Waals surface area contributed by atoms with E-state index in [2.05, 4.69) is 15.6 Å². The van der Waals surface area contributed by atoms with Crippen LogP contribution in [-0.2, 0) is 16.1 Å². The van der Waals surface area contributed by atoms with Gasteiger partial charge in [0.15, 0.2) is 0 Å². The second-order valence-electron chi connectivity index (χ2n) is 4.12. The maximum Gasteiger partial charge on any atom is 0.239 e. The Balaban J connectivity index is 1.65. The van der Waals surface area contributed by atoms with Gasteiger partial charge in [-0.2, -0.15) is 0 Å². The van der Waals surface area contributed by atoms with Crippen molar-refractivity contribution in [3.05, 3.63) is 30.1 Å². The molecule has 0 bridgehead atoms. The van der Waals surface area contributed by atoms with Gasteiger partial charge in [0, 0.05) is 24.9 Å². The molecule has 17 heavy (non-hydrogen) atoms. The van der Waals surface area contributed by atoms with Gasteiger partial charge in [0.25, 0.3) is 0 Å². The summed E-state index contributed by atoms with van der Waals surface area (Å²) in [5, 5.41) is 5.35. The minimum atomic E-state index is -0.171. The molecule has 0 atom stereocenters. The third-order valence-corrected chi connectivity index (χ3v) is 2.61. The summed E-state index contributed by atoms with van der Waals surface area (Å²) in [4.78, 5) is 26.6. The number of amides is 2. The Hall–Kier alpha value is -1.91. The van der Waals surface area contributed by atoms with Gasteiger partial charge in [-0.3, -0.25) is 14.6 Å². The van der Waals surface area contributed by atoms with E-state index in [0.717, 1.165) is 18.4 Å². The summed E-state index contributed by atoms with van der Waals surface area (Å²) in [6.07, 6.45) is 5.25. The SMILES string of the molecule is O=C(CNC(=O)C1CC1)NCc1ccncc1. The quantitative estimate of drug-likeness (QED) is 0.764. The summed E-state index contributed by atoms with van der Waals surface area (Å²) in [5.74, 6) is -0.0390. The molecule has 0 radical (unpaired) electrons. The van der Waals surface area contributed by atoms with Gasteiger partial charge < -0.3 is 10.6 Å². The molecule has 90 valence electrons. The summed E-state index contributed by atoms with van der Waals surface area (Å²) in [6.45, 7) is 0.515. The van der Waals surface area contributed by atoms with E-state index in [0.29, 0.717) is 6.54 Å². The lowest BCUT2D eigenvalue weighted by Crippen LogP contribution is -2.37. The molecule has 0 unspecified atom stereocenters. The highest BCUT2D eigenvalue weighted by Crippen LogP contribution is 2.28. The van der Waals surface area contributed by atoms with Crippen LogP contribution >= 0.6 is 0 Å². The zero-order chi connectivity index (χ0) is 12.1. The van der Waals surface area contributed by atoms with E-state index in [1.807, 2.05) is 12.1 Å². The molecule has 2 amide bonds. The Morgan fingerprint density at radius 1 is 1.24 bits per heavy atom. The minimum Gasteiger partial charge on any atom is -0.350 e. The van der Waals surface area contributed by atoms with E-state index in [9.17, 15) is 9.59 Å². The van der Waals surface area contributed by atoms with E-state index < -0.39 is 0 Å². The van der Waals surface area contributed by atoms with E-state index >= 15 is 0 Å². The van der Waals surface area contributed by atoms with Crippen LogP contribution in [0.5, 0.6) is 0 Å². The molecule has 1 aliphatic carbocycles. The lowest BCUT2D eigenvalue weighted by Gasteiger charge is -2.06. The van der Waals surface area contributed by atoms with Crippen LogP contribution in [0.3, 0.4) is 0 Å². The average molecular weight is 233 g/mol. The molecule has 1 saturated carbocycles. The highest BCUT2D eigenvalue weighted by atomic mass is 16.2. The predicted molar refractivity (Wildman–Crippen MR) is 61.8 cm³/mol. The largest absolute Gasteiger partial charge is 0.350 e. The summed E-state index contributed by atoms with van der Waals surface area (Å²) in [7, 11) is 0. The topological polar surface area (TPSA) is 71.1 Å². The first-order valence-electron chi connectivity index (χ1n) is 5.69. The van der Waals surface area contributed by atoms with Crippen molar-refractivity contribution in [1.29, 1.82) is 0 Å². The lowest BCUT2D eigenvalue weighted by atomic mass is 10.3. The van der Waals surface area contributed by atoms with E-state index in [4.69, 9.17) is 0 Å². The maximum atomic E-state index is 11.4. The standard InChI is InChI=1S/C12H15N3O2/c16-11(8-15-12(17)10-1-2-10)14-7-9-3-5-13-6-4-9/h3-6,10H,1-2,7-8H2,(H,14,16)(H,15,17). The van der Waals surface area contributed by atoms with Gasteiger partial charge in [-0.15, -0.1) is 0 Å². The van der Waals surface area contributed by atoms with Crippen molar-refractivity contribution in [1.82, 2.24) is 15.6 Å². The van der Waals surface area contributed by atoms with Gasteiger partial charge in [-0.1, -0.05) is 0 Å². The lowest BCUT2D eigenvalue weighted by molar-refractivity contribution is -0.126. The molecular formula is C12H15N3O2. The van der Waals surface area contributed by atoms with Gasteiger partial charge in [0.05, 0.1) is 6.54 Å². The summed E-state index contributed by atoms with van der Waals surface area (Å²) in [6, 6.07) is 3.67. The molecule has 1 aromatic heterocycles. The Bertz CT molecular complexity index is 401. The van der Waals surface area contributed by atoms with Crippen LogP contribution in [0.25, 0.3) is 0 Å². The van der Waals surface area contributed by atoms with Crippen LogP contribution in [0.1, 0.15) is 18.4 Å². The first-order chi connectivity index (χ1) is 8.25. The van der Waals surface area contributed by atoms with Crippen molar-refractivity contribution in [2.75, 3.05) is 6.54 Å². The molecular weight excluding hydrogens is 218 g/mol. The number of carbonyl (C=O) groups is 2. The number of carbonyl (C=O) groups excluding carboxylic acids is 2. The maximum absolute atomic E-state index is 11.4.